The molecule has 8 heteroatoms. The lowest BCUT2D eigenvalue weighted by Gasteiger charge is -2.31. The lowest BCUT2D eigenvalue weighted by atomic mass is 10.1. The monoisotopic (exact) mass is 283 g/mol. The van der Waals surface area contributed by atoms with Crippen LogP contribution in [0.4, 0.5) is 3.89 Å². The summed E-state index contributed by atoms with van der Waals surface area (Å²) in [4.78, 5) is 13.1. The second-order valence-electron chi connectivity index (χ2n) is 4.59. The fraction of sp³-hybridized carbons (Fsp3) is 0.900. The minimum absolute atomic E-state index is 0.0344. The molecule has 0 bridgehead atoms. The van der Waals surface area contributed by atoms with Gasteiger partial charge in [0, 0.05) is 33.1 Å². The number of amides is 1. The third kappa shape index (κ3) is 4.18. The van der Waals surface area contributed by atoms with E-state index in [2.05, 4.69) is 0 Å². The maximum Gasteiger partial charge on any atom is 0.302 e. The van der Waals surface area contributed by atoms with Gasteiger partial charge in [-0.15, -0.1) is 3.89 Å². The molecule has 0 aliphatic carbocycles. The predicted octanol–water partition coefficient (Wildman–Crippen LogP) is 0.143. The molecule has 0 aromatic carbocycles. The Balaban J connectivity index is 2.63. The molecule has 1 saturated heterocycles. The number of rotatable bonds is 6. The number of hydrogen-bond donors (Lipinski definition) is 0. The number of halogens is 1. The van der Waals surface area contributed by atoms with Crippen molar-refractivity contribution in [3.63, 3.8) is 0 Å². The van der Waals surface area contributed by atoms with Crippen molar-refractivity contribution >= 4 is 16.1 Å². The molecular formula is C10H18FNO5S. The van der Waals surface area contributed by atoms with Gasteiger partial charge in [0.2, 0.25) is 5.91 Å². The first-order chi connectivity index (χ1) is 8.19. The molecule has 1 aliphatic heterocycles. The van der Waals surface area contributed by atoms with Crippen LogP contribution in [0.15, 0.2) is 0 Å². The van der Waals surface area contributed by atoms with Crippen LogP contribution >= 0.6 is 0 Å². The second kappa shape index (κ2) is 5.50. The molecule has 1 heterocycles. The molecule has 1 aliphatic rings. The number of likely N-dealkylation sites (tertiary alicyclic amines) is 1. The minimum Gasteiger partial charge on any atom is -0.352 e. The van der Waals surface area contributed by atoms with Gasteiger partial charge in [0.15, 0.2) is 5.79 Å². The highest BCUT2D eigenvalue weighted by Gasteiger charge is 2.37. The van der Waals surface area contributed by atoms with E-state index in [0.717, 1.165) is 0 Å². The van der Waals surface area contributed by atoms with Crippen molar-refractivity contribution < 1.29 is 26.6 Å². The van der Waals surface area contributed by atoms with Gasteiger partial charge in [0.1, 0.15) is 0 Å². The van der Waals surface area contributed by atoms with Crippen molar-refractivity contribution in [2.45, 2.75) is 19.1 Å². The van der Waals surface area contributed by atoms with Crippen LogP contribution in [0.3, 0.4) is 0 Å². The highest BCUT2D eigenvalue weighted by atomic mass is 32.3. The summed E-state index contributed by atoms with van der Waals surface area (Å²) >= 11 is 0. The van der Waals surface area contributed by atoms with Crippen molar-refractivity contribution in [3.05, 3.63) is 0 Å². The van der Waals surface area contributed by atoms with Gasteiger partial charge in [0.25, 0.3) is 0 Å². The third-order valence-corrected chi connectivity index (χ3v) is 3.94. The van der Waals surface area contributed by atoms with E-state index >= 15 is 0 Å². The van der Waals surface area contributed by atoms with E-state index in [1.807, 2.05) is 0 Å². The quantitative estimate of drug-likeness (QED) is 0.512. The number of methoxy groups -OCH3 is 2. The average molecular weight is 283 g/mol. The Bertz CT molecular complexity index is 406. The summed E-state index contributed by atoms with van der Waals surface area (Å²) < 4.78 is 43.9. The molecule has 0 radical (unpaired) electrons. The van der Waals surface area contributed by atoms with Gasteiger partial charge in [-0.3, -0.25) is 4.79 Å². The van der Waals surface area contributed by atoms with Crippen LogP contribution in [0.5, 0.6) is 0 Å². The van der Waals surface area contributed by atoms with E-state index in [0.29, 0.717) is 0 Å². The summed E-state index contributed by atoms with van der Waals surface area (Å²) in [5.41, 5.74) is 0. The molecule has 1 amide bonds. The van der Waals surface area contributed by atoms with Gasteiger partial charge < -0.3 is 14.4 Å². The van der Waals surface area contributed by atoms with E-state index in [1.54, 1.807) is 6.92 Å². The molecule has 18 heavy (non-hydrogen) atoms. The summed E-state index contributed by atoms with van der Waals surface area (Å²) in [5, 5.41) is 0. The van der Waals surface area contributed by atoms with Crippen LogP contribution in [0.1, 0.15) is 13.3 Å². The Hall–Kier alpha value is -0.730. The first-order valence-electron chi connectivity index (χ1n) is 5.49. The first-order valence-corrected chi connectivity index (χ1v) is 7.05. The number of ether oxygens (including phenoxy) is 2. The smallest absolute Gasteiger partial charge is 0.302 e. The standard InChI is InChI=1S/C10H18FNO5S/c1-10(16-2,17-3)7-12-5-8(4-9(12)13)6-18(11,14)15/h8H,4-7H2,1-3H3. The van der Waals surface area contributed by atoms with E-state index in [9.17, 15) is 17.1 Å². The fourth-order valence-corrected chi connectivity index (χ4v) is 2.75. The topological polar surface area (TPSA) is 72.9 Å². The zero-order chi connectivity index (χ0) is 14.0. The molecule has 1 atom stereocenters. The van der Waals surface area contributed by atoms with Gasteiger partial charge >= 0.3 is 10.2 Å². The molecule has 0 N–H and O–H groups in total. The molecule has 1 rings (SSSR count). The second-order valence-corrected chi connectivity index (χ2v) is 6.00. The van der Waals surface area contributed by atoms with Gasteiger partial charge in [-0.25, -0.2) is 0 Å². The molecule has 6 nitrogen and oxygen atoms in total. The van der Waals surface area contributed by atoms with Gasteiger partial charge in [-0.2, -0.15) is 8.42 Å². The maximum atomic E-state index is 12.6. The predicted molar refractivity (Wildman–Crippen MR) is 62.0 cm³/mol. The summed E-state index contributed by atoms with van der Waals surface area (Å²) in [6.07, 6.45) is 0.0344. The van der Waals surface area contributed by atoms with Crippen molar-refractivity contribution in [2.75, 3.05) is 33.1 Å². The summed E-state index contributed by atoms with van der Waals surface area (Å²) in [6.45, 7) is 2.05. The maximum absolute atomic E-state index is 12.6. The number of nitrogens with zero attached hydrogens (tertiary/aromatic N) is 1. The van der Waals surface area contributed by atoms with Crippen LogP contribution in [0, 0.1) is 5.92 Å². The molecule has 0 spiro atoms. The molecule has 0 aromatic rings. The van der Waals surface area contributed by atoms with E-state index in [1.165, 1.54) is 19.1 Å². The van der Waals surface area contributed by atoms with Crippen molar-refractivity contribution in [1.82, 2.24) is 4.90 Å². The molecule has 0 aromatic heterocycles. The highest BCUT2D eigenvalue weighted by Crippen LogP contribution is 2.23. The zero-order valence-electron chi connectivity index (χ0n) is 10.7. The Morgan fingerprint density at radius 3 is 2.44 bits per heavy atom. The molecular weight excluding hydrogens is 265 g/mol. The third-order valence-electron chi connectivity index (χ3n) is 3.07. The van der Waals surface area contributed by atoms with Crippen molar-refractivity contribution in [3.8, 4) is 0 Å². The van der Waals surface area contributed by atoms with E-state index in [4.69, 9.17) is 9.47 Å². The minimum atomic E-state index is -4.55. The Kier molecular flexibility index (Phi) is 4.68. The molecule has 1 fully saturated rings. The van der Waals surface area contributed by atoms with Crippen LogP contribution in [0.2, 0.25) is 0 Å². The average Bonchev–Trinajstić information content (AvgIpc) is 2.56. The van der Waals surface area contributed by atoms with Gasteiger partial charge in [-0.1, -0.05) is 0 Å². The molecule has 0 saturated carbocycles. The highest BCUT2D eigenvalue weighted by molar-refractivity contribution is 7.86. The van der Waals surface area contributed by atoms with E-state index in [-0.39, 0.29) is 25.4 Å². The van der Waals surface area contributed by atoms with Gasteiger partial charge in [0.05, 0.1) is 12.3 Å². The number of carbonyl (C=O) groups is 1. The van der Waals surface area contributed by atoms with Crippen LogP contribution in [-0.4, -0.2) is 58.1 Å². The number of hydrogen-bond acceptors (Lipinski definition) is 5. The fourth-order valence-electron chi connectivity index (χ4n) is 1.96. The van der Waals surface area contributed by atoms with Crippen LogP contribution in [-0.2, 0) is 24.5 Å². The van der Waals surface area contributed by atoms with E-state index < -0.39 is 27.7 Å². The number of carbonyl (C=O) groups excluding carboxylic acids is 1. The zero-order valence-corrected chi connectivity index (χ0v) is 11.5. The van der Waals surface area contributed by atoms with Crippen molar-refractivity contribution in [1.29, 1.82) is 0 Å². The van der Waals surface area contributed by atoms with Gasteiger partial charge in [-0.05, 0) is 6.92 Å². The van der Waals surface area contributed by atoms with Crippen LogP contribution < -0.4 is 0 Å². The van der Waals surface area contributed by atoms with Crippen LogP contribution in [0.25, 0.3) is 0 Å². The first kappa shape index (κ1) is 15.3. The lowest BCUT2D eigenvalue weighted by molar-refractivity contribution is -0.203. The Labute approximate surface area is 106 Å². The molecule has 106 valence electrons. The lowest BCUT2D eigenvalue weighted by Crippen LogP contribution is -2.44. The summed E-state index contributed by atoms with van der Waals surface area (Å²) in [7, 11) is -1.65. The Morgan fingerprint density at radius 2 is 2.00 bits per heavy atom. The Morgan fingerprint density at radius 1 is 1.44 bits per heavy atom. The molecule has 1 unspecified atom stereocenters. The normalized spacial score (nSPS) is 21.7. The largest absolute Gasteiger partial charge is 0.352 e. The SMILES string of the molecule is COC(C)(CN1CC(CS(=O)(=O)F)CC1=O)OC. The van der Waals surface area contributed by atoms with Crippen molar-refractivity contribution in [2.24, 2.45) is 5.92 Å². The summed E-state index contributed by atoms with van der Waals surface area (Å²) in [6, 6.07) is 0. The summed E-state index contributed by atoms with van der Waals surface area (Å²) in [5.74, 6) is -2.29.